The third kappa shape index (κ3) is 2.38. The quantitative estimate of drug-likeness (QED) is 0.827. The van der Waals surface area contributed by atoms with Gasteiger partial charge < -0.3 is 15.7 Å². The van der Waals surface area contributed by atoms with Gasteiger partial charge in [-0.3, -0.25) is 4.79 Å². The van der Waals surface area contributed by atoms with Gasteiger partial charge in [0.2, 0.25) is 5.91 Å². The molecule has 0 aromatic heterocycles. The molecule has 4 rings (SSSR count). The van der Waals surface area contributed by atoms with Gasteiger partial charge in [0.05, 0.1) is 17.7 Å². The Morgan fingerprint density at radius 3 is 2.92 bits per heavy atom. The van der Waals surface area contributed by atoms with Crippen molar-refractivity contribution in [2.24, 2.45) is 23.0 Å². The van der Waals surface area contributed by atoms with Gasteiger partial charge in [0.25, 0.3) is 0 Å². The molecule has 5 heteroatoms. The van der Waals surface area contributed by atoms with E-state index in [1.165, 1.54) is 0 Å². The highest BCUT2D eigenvalue weighted by Crippen LogP contribution is 2.55. The van der Waals surface area contributed by atoms with Crippen molar-refractivity contribution < 1.29 is 9.90 Å². The summed E-state index contributed by atoms with van der Waals surface area (Å²) < 4.78 is 0. The van der Waals surface area contributed by atoms with E-state index in [1.54, 1.807) is 4.90 Å². The van der Waals surface area contributed by atoms with Crippen LogP contribution in [-0.2, 0) is 4.79 Å². The van der Waals surface area contributed by atoms with Crippen LogP contribution in [0.4, 0.5) is 0 Å². The van der Waals surface area contributed by atoms with Gasteiger partial charge in [-0.15, -0.1) is 0 Å². The maximum Gasteiger partial charge on any atom is 0.241 e. The van der Waals surface area contributed by atoms with Crippen molar-refractivity contribution in [3.8, 4) is 6.07 Å². The van der Waals surface area contributed by atoms with Crippen LogP contribution in [-0.4, -0.2) is 39.6 Å². The molecule has 0 aromatic carbocycles. The van der Waals surface area contributed by atoms with E-state index in [-0.39, 0.29) is 23.4 Å². The number of piperidine rings is 1. The predicted octanol–water partition coefficient (Wildman–Crippen LogP) is 1.94. The third-order valence-electron chi connectivity index (χ3n) is 7.44. The second-order valence-electron chi connectivity index (χ2n) is 8.95. The lowest BCUT2D eigenvalue weighted by Gasteiger charge is -2.53. The number of carbonyl (C=O) groups is 1. The summed E-state index contributed by atoms with van der Waals surface area (Å²) in [5.74, 6) is 0.950. The van der Waals surface area contributed by atoms with Gasteiger partial charge >= 0.3 is 0 Å². The van der Waals surface area contributed by atoms with Gasteiger partial charge in [0.15, 0.2) is 0 Å². The fraction of sp³-hybridized carbons (Fsp3) is 0.895. The first kappa shape index (κ1) is 16.4. The zero-order valence-electron chi connectivity index (χ0n) is 14.6. The number of aliphatic hydroxyl groups is 1. The highest BCUT2D eigenvalue weighted by Gasteiger charge is 2.58. The summed E-state index contributed by atoms with van der Waals surface area (Å²) in [6, 6.07) is 1.64. The number of hydrogen-bond donors (Lipinski definition) is 2. The van der Waals surface area contributed by atoms with E-state index < -0.39 is 11.6 Å². The van der Waals surface area contributed by atoms with Crippen LogP contribution in [0, 0.1) is 28.6 Å². The average molecular weight is 331 g/mol. The van der Waals surface area contributed by atoms with Crippen LogP contribution >= 0.6 is 0 Å². The summed E-state index contributed by atoms with van der Waals surface area (Å²) in [6.07, 6.45) is 8.16. The van der Waals surface area contributed by atoms with Crippen molar-refractivity contribution in [3.63, 3.8) is 0 Å². The summed E-state index contributed by atoms with van der Waals surface area (Å²) in [7, 11) is 0. The molecule has 1 amide bonds. The number of nitriles is 1. The molecule has 1 aliphatic heterocycles. The summed E-state index contributed by atoms with van der Waals surface area (Å²) in [5.41, 5.74) is 5.61. The van der Waals surface area contributed by atoms with Gasteiger partial charge in [0.1, 0.15) is 6.04 Å². The van der Waals surface area contributed by atoms with Crippen molar-refractivity contribution in [2.45, 2.75) is 88.4 Å². The number of rotatable bonds is 3. The van der Waals surface area contributed by atoms with Crippen molar-refractivity contribution >= 4 is 5.91 Å². The number of carbonyl (C=O) groups excluding carboxylic acids is 1. The van der Waals surface area contributed by atoms with Crippen LogP contribution in [0.5, 0.6) is 0 Å². The molecule has 3 aliphatic carbocycles. The Balaban J connectivity index is 1.58. The lowest BCUT2D eigenvalue weighted by molar-refractivity contribution is -0.146. The van der Waals surface area contributed by atoms with Crippen LogP contribution in [0.15, 0.2) is 0 Å². The molecular formula is C19H29N3O2. The number of fused-ring (bicyclic) bond motifs is 3. The molecule has 1 saturated heterocycles. The van der Waals surface area contributed by atoms with Crippen LogP contribution in [0.3, 0.4) is 0 Å². The highest BCUT2D eigenvalue weighted by atomic mass is 16.3. The topological polar surface area (TPSA) is 90.4 Å². The lowest BCUT2D eigenvalue weighted by atomic mass is 9.55. The van der Waals surface area contributed by atoms with E-state index in [0.29, 0.717) is 18.3 Å². The monoisotopic (exact) mass is 331 g/mol. The largest absolute Gasteiger partial charge is 0.390 e. The molecule has 0 radical (unpaired) electrons. The zero-order valence-corrected chi connectivity index (χ0v) is 14.6. The molecule has 5 unspecified atom stereocenters. The van der Waals surface area contributed by atoms with Gasteiger partial charge in [0, 0.05) is 6.04 Å². The van der Waals surface area contributed by atoms with Crippen molar-refractivity contribution in [2.75, 3.05) is 0 Å². The predicted molar refractivity (Wildman–Crippen MR) is 89.6 cm³/mol. The summed E-state index contributed by atoms with van der Waals surface area (Å²) in [6.45, 7) is 2.10. The van der Waals surface area contributed by atoms with Gasteiger partial charge in [-0.1, -0.05) is 19.8 Å². The molecule has 132 valence electrons. The Labute approximate surface area is 144 Å². The minimum Gasteiger partial charge on any atom is -0.390 e. The normalized spacial score (nSPS) is 47.7. The minimum absolute atomic E-state index is 0.0445. The van der Waals surface area contributed by atoms with Gasteiger partial charge in [-0.2, -0.15) is 5.26 Å². The molecule has 4 fully saturated rings. The molecule has 2 bridgehead atoms. The van der Waals surface area contributed by atoms with E-state index in [4.69, 9.17) is 5.73 Å². The maximum atomic E-state index is 13.2. The van der Waals surface area contributed by atoms with Crippen LogP contribution in [0.1, 0.15) is 64.7 Å². The van der Waals surface area contributed by atoms with Crippen molar-refractivity contribution in [1.82, 2.24) is 4.90 Å². The van der Waals surface area contributed by atoms with E-state index in [9.17, 15) is 15.2 Å². The summed E-state index contributed by atoms with van der Waals surface area (Å²) in [4.78, 5) is 15.0. The van der Waals surface area contributed by atoms with E-state index >= 15 is 0 Å². The van der Waals surface area contributed by atoms with E-state index in [0.717, 1.165) is 51.4 Å². The smallest absolute Gasteiger partial charge is 0.241 e. The number of nitrogens with two attached hydrogens (primary N) is 1. The Kier molecular flexibility index (Phi) is 3.71. The van der Waals surface area contributed by atoms with Crippen LogP contribution in [0.25, 0.3) is 0 Å². The number of likely N-dealkylation sites (tertiary alicyclic amines) is 1. The molecule has 0 aromatic rings. The Morgan fingerprint density at radius 2 is 2.25 bits per heavy atom. The SMILES string of the molecule is CCC1(C(N)C(=O)N2C(C#N)C[C@@H]3C[C@@H]32)CC2CCCC(O)(C2)C1. The fourth-order valence-electron chi connectivity index (χ4n) is 6.14. The zero-order chi connectivity index (χ0) is 17.1. The van der Waals surface area contributed by atoms with E-state index in [1.807, 2.05) is 0 Å². The minimum atomic E-state index is -0.642. The Hall–Kier alpha value is -1.12. The second kappa shape index (κ2) is 5.44. The number of amides is 1. The summed E-state index contributed by atoms with van der Waals surface area (Å²) >= 11 is 0. The number of nitrogens with zero attached hydrogens (tertiary/aromatic N) is 2. The van der Waals surface area contributed by atoms with Gasteiger partial charge in [-0.25, -0.2) is 0 Å². The lowest BCUT2D eigenvalue weighted by Crippen LogP contribution is -2.60. The standard InChI is InChI=1S/C19H29N3O2/c1-2-18(8-12-4-3-5-19(24,9-12)11-18)16(21)17(23)22-14(10-20)6-13-7-15(13)22/h12-16,24H,2-9,11,21H2,1H3/t12?,13-,14?,15+,16?,18?,19?/m1/s1. The number of hydrogen-bond acceptors (Lipinski definition) is 4. The highest BCUT2D eigenvalue weighted by molar-refractivity contribution is 5.84. The van der Waals surface area contributed by atoms with Crippen LogP contribution < -0.4 is 5.73 Å². The molecular weight excluding hydrogens is 302 g/mol. The fourth-order valence-corrected chi connectivity index (χ4v) is 6.14. The first-order chi connectivity index (χ1) is 11.4. The summed E-state index contributed by atoms with van der Waals surface area (Å²) in [5, 5.41) is 20.4. The molecule has 1 heterocycles. The average Bonchev–Trinajstić information content (AvgIpc) is 3.22. The molecule has 3 saturated carbocycles. The Morgan fingerprint density at radius 1 is 1.46 bits per heavy atom. The van der Waals surface area contributed by atoms with Crippen LogP contribution in [0.2, 0.25) is 0 Å². The third-order valence-corrected chi connectivity index (χ3v) is 7.44. The van der Waals surface area contributed by atoms with Gasteiger partial charge in [-0.05, 0) is 62.2 Å². The first-order valence-electron chi connectivity index (χ1n) is 9.61. The first-order valence-corrected chi connectivity index (χ1v) is 9.61. The van der Waals surface area contributed by atoms with Crippen molar-refractivity contribution in [3.05, 3.63) is 0 Å². The second-order valence-corrected chi connectivity index (χ2v) is 8.95. The molecule has 24 heavy (non-hydrogen) atoms. The molecule has 0 spiro atoms. The Bertz CT molecular complexity index is 588. The molecule has 5 nitrogen and oxygen atoms in total. The molecule has 3 N–H and O–H groups in total. The molecule has 4 aliphatic rings. The maximum absolute atomic E-state index is 13.2. The molecule has 7 atom stereocenters. The van der Waals surface area contributed by atoms with Crippen molar-refractivity contribution in [1.29, 1.82) is 5.26 Å². The van der Waals surface area contributed by atoms with E-state index in [2.05, 4.69) is 13.0 Å².